The molecule has 3 aromatic rings. The van der Waals surface area contributed by atoms with Gasteiger partial charge in [0.25, 0.3) is 5.89 Å². The molecule has 1 aromatic heterocycles. The number of benzene rings is 2. The van der Waals surface area contributed by atoms with Crippen LogP contribution in [0.4, 0.5) is 0 Å². The SMILES string of the molecule is CCS(=O)(=O)NC1CCc2c(-c3noc(-c4ccc(O)c(C#N)c4)n3)cccc21. The number of nitriles is 1. The van der Waals surface area contributed by atoms with Gasteiger partial charge in [0.15, 0.2) is 0 Å². The summed E-state index contributed by atoms with van der Waals surface area (Å²) >= 11 is 0. The summed E-state index contributed by atoms with van der Waals surface area (Å²) in [6.07, 6.45) is 1.36. The average molecular weight is 410 g/mol. The Hall–Kier alpha value is -3.22. The normalized spacial score (nSPS) is 15.8. The van der Waals surface area contributed by atoms with Gasteiger partial charge in [-0.1, -0.05) is 23.4 Å². The summed E-state index contributed by atoms with van der Waals surface area (Å²) in [5, 5.41) is 22.8. The summed E-state index contributed by atoms with van der Waals surface area (Å²) < 4.78 is 32.0. The monoisotopic (exact) mass is 410 g/mol. The number of hydrogen-bond acceptors (Lipinski definition) is 7. The second-order valence-electron chi connectivity index (χ2n) is 6.75. The van der Waals surface area contributed by atoms with E-state index in [4.69, 9.17) is 9.78 Å². The lowest BCUT2D eigenvalue weighted by atomic mass is 10.0. The molecule has 2 aromatic carbocycles. The second-order valence-corrected chi connectivity index (χ2v) is 8.80. The molecule has 0 spiro atoms. The minimum absolute atomic E-state index is 0.0318. The summed E-state index contributed by atoms with van der Waals surface area (Å²) in [5.74, 6) is 0.541. The van der Waals surface area contributed by atoms with Crippen LogP contribution in [-0.4, -0.2) is 29.4 Å². The Morgan fingerprint density at radius 3 is 2.93 bits per heavy atom. The quantitative estimate of drug-likeness (QED) is 0.661. The van der Waals surface area contributed by atoms with E-state index in [1.165, 1.54) is 12.1 Å². The van der Waals surface area contributed by atoms with E-state index in [0.29, 0.717) is 24.2 Å². The first kappa shape index (κ1) is 19.1. The van der Waals surface area contributed by atoms with Crippen LogP contribution < -0.4 is 4.72 Å². The molecule has 0 fully saturated rings. The summed E-state index contributed by atoms with van der Waals surface area (Å²) in [6.45, 7) is 1.61. The highest BCUT2D eigenvalue weighted by atomic mass is 32.2. The van der Waals surface area contributed by atoms with Crippen molar-refractivity contribution in [2.75, 3.05) is 5.75 Å². The predicted molar refractivity (Wildman–Crippen MR) is 105 cm³/mol. The van der Waals surface area contributed by atoms with Crippen molar-refractivity contribution in [1.82, 2.24) is 14.9 Å². The first-order valence-corrected chi connectivity index (χ1v) is 10.8. The van der Waals surface area contributed by atoms with Crippen LogP contribution in [0.1, 0.15) is 36.1 Å². The van der Waals surface area contributed by atoms with E-state index in [1.54, 1.807) is 13.0 Å². The van der Waals surface area contributed by atoms with Crippen molar-refractivity contribution >= 4 is 10.0 Å². The molecule has 1 aliphatic carbocycles. The maximum Gasteiger partial charge on any atom is 0.258 e. The maximum atomic E-state index is 12.0. The van der Waals surface area contributed by atoms with Gasteiger partial charge in [-0.2, -0.15) is 10.2 Å². The third kappa shape index (κ3) is 3.60. The number of rotatable bonds is 5. The fourth-order valence-electron chi connectivity index (χ4n) is 3.50. The summed E-state index contributed by atoms with van der Waals surface area (Å²) in [6, 6.07) is 11.8. The van der Waals surface area contributed by atoms with Gasteiger partial charge >= 0.3 is 0 Å². The zero-order chi connectivity index (χ0) is 20.6. The average Bonchev–Trinajstić information content (AvgIpc) is 3.36. The molecular weight excluding hydrogens is 392 g/mol. The Bertz CT molecular complexity index is 1230. The third-order valence-electron chi connectivity index (χ3n) is 5.00. The van der Waals surface area contributed by atoms with Crippen molar-refractivity contribution in [2.45, 2.75) is 25.8 Å². The van der Waals surface area contributed by atoms with Crippen LogP contribution in [0.25, 0.3) is 22.8 Å². The van der Waals surface area contributed by atoms with Crippen LogP contribution in [0.2, 0.25) is 0 Å². The number of phenols is 1. The maximum absolute atomic E-state index is 12.0. The molecule has 0 saturated carbocycles. The fraction of sp³-hybridized carbons (Fsp3) is 0.250. The summed E-state index contributed by atoms with van der Waals surface area (Å²) in [4.78, 5) is 4.44. The highest BCUT2D eigenvalue weighted by Crippen LogP contribution is 2.37. The Morgan fingerprint density at radius 2 is 2.17 bits per heavy atom. The zero-order valence-electron chi connectivity index (χ0n) is 15.6. The van der Waals surface area contributed by atoms with Gasteiger partial charge in [0.05, 0.1) is 11.3 Å². The highest BCUT2D eigenvalue weighted by molar-refractivity contribution is 7.89. The largest absolute Gasteiger partial charge is 0.507 e. The molecule has 1 atom stereocenters. The minimum atomic E-state index is -3.31. The van der Waals surface area contributed by atoms with E-state index in [-0.39, 0.29) is 29.0 Å². The lowest BCUT2D eigenvalue weighted by Crippen LogP contribution is -2.28. The smallest absolute Gasteiger partial charge is 0.258 e. The molecule has 1 heterocycles. The third-order valence-corrected chi connectivity index (χ3v) is 6.41. The van der Waals surface area contributed by atoms with Crippen LogP contribution in [-0.2, 0) is 16.4 Å². The van der Waals surface area contributed by atoms with Crippen molar-refractivity contribution in [3.8, 4) is 34.7 Å². The minimum Gasteiger partial charge on any atom is -0.507 e. The van der Waals surface area contributed by atoms with Gasteiger partial charge in [-0.05, 0) is 49.1 Å². The summed E-state index contributed by atoms with van der Waals surface area (Å²) in [7, 11) is -3.31. The lowest BCUT2D eigenvalue weighted by molar-refractivity contribution is 0.432. The standard InChI is InChI=1S/C20H18N4O4S/c1-2-29(26,27)24-17-8-7-14-15(17)4-3-5-16(14)19-22-20(28-23-19)12-6-9-18(25)13(10-12)11-21/h3-6,9-10,17,24-25H,2,7-8H2,1H3. The number of fused-ring (bicyclic) bond motifs is 1. The van der Waals surface area contributed by atoms with Crippen LogP contribution in [0.3, 0.4) is 0 Å². The van der Waals surface area contributed by atoms with Gasteiger partial charge in [-0.3, -0.25) is 0 Å². The number of phenolic OH excluding ortho intramolecular Hbond substituents is 1. The van der Waals surface area contributed by atoms with E-state index in [0.717, 1.165) is 16.7 Å². The molecule has 0 aliphatic heterocycles. The van der Waals surface area contributed by atoms with Gasteiger partial charge in [-0.15, -0.1) is 0 Å². The van der Waals surface area contributed by atoms with Crippen molar-refractivity contribution in [2.24, 2.45) is 0 Å². The Kier molecular flexibility index (Phi) is 4.82. The van der Waals surface area contributed by atoms with E-state index >= 15 is 0 Å². The molecule has 2 N–H and O–H groups in total. The molecule has 0 bridgehead atoms. The molecule has 1 aliphatic rings. The number of nitrogens with one attached hydrogen (secondary N) is 1. The molecule has 148 valence electrons. The van der Waals surface area contributed by atoms with Crippen molar-refractivity contribution in [1.29, 1.82) is 5.26 Å². The van der Waals surface area contributed by atoms with E-state index in [2.05, 4.69) is 14.9 Å². The number of hydrogen-bond donors (Lipinski definition) is 2. The highest BCUT2D eigenvalue weighted by Gasteiger charge is 2.29. The van der Waals surface area contributed by atoms with Crippen LogP contribution in [0.5, 0.6) is 5.75 Å². The number of aromatic nitrogens is 2. The van der Waals surface area contributed by atoms with Gasteiger partial charge in [0, 0.05) is 17.2 Å². The molecule has 9 heteroatoms. The van der Waals surface area contributed by atoms with Gasteiger partial charge in [-0.25, -0.2) is 13.1 Å². The molecule has 0 saturated heterocycles. The van der Waals surface area contributed by atoms with Crippen LogP contribution in [0, 0.1) is 11.3 Å². The fourth-order valence-corrected chi connectivity index (χ4v) is 4.34. The van der Waals surface area contributed by atoms with E-state index in [9.17, 15) is 13.5 Å². The Labute approximate surface area is 167 Å². The summed E-state index contributed by atoms with van der Waals surface area (Å²) in [5.41, 5.74) is 3.34. The Morgan fingerprint density at radius 1 is 1.34 bits per heavy atom. The topological polar surface area (TPSA) is 129 Å². The molecule has 8 nitrogen and oxygen atoms in total. The molecular formula is C20H18N4O4S. The van der Waals surface area contributed by atoms with Gasteiger partial charge in [0.2, 0.25) is 15.8 Å². The first-order chi connectivity index (χ1) is 13.9. The van der Waals surface area contributed by atoms with E-state index in [1.807, 2.05) is 24.3 Å². The number of sulfonamides is 1. The molecule has 0 amide bonds. The number of nitrogens with zero attached hydrogens (tertiary/aromatic N) is 3. The van der Waals surface area contributed by atoms with Gasteiger partial charge < -0.3 is 9.63 Å². The van der Waals surface area contributed by atoms with E-state index < -0.39 is 10.0 Å². The molecule has 29 heavy (non-hydrogen) atoms. The lowest BCUT2D eigenvalue weighted by Gasteiger charge is -2.14. The van der Waals surface area contributed by atoms with Crippen molar-refractivity contribution < 1.29 is 18.0 Å². The second kappa shape index (κ2) is 7.31. The molecule has 0 radical (unpaired) electrons. The Balaban J connectivity index is 1.68. The number of aromatic hydroxyl groups is 1. The van der Waals surface area contributed by atoms with Crippen molar-refractivity contribution in [3.63, 3.8) is 0 Å². The molecule has 1 unspecified atom stereocenters. The predicted octanol–water partition coefficient (Wildman–Crippen LogP) is 2.91. The van der Waals surface area contributed by atoms with Crippen LogP contribution >= 0.6 is 0 Å². The zero-order valence-corrected chi connectivity index (χ0v) is 16.4. The van der Waals surface area contributed by atoms with Gasteiger partial charge in [0.1, 0.15) is 11.8 Å². The molecule has 4 rings (SSSR count). The first-order valence-electron chi connectivity index (χ1n) is 9.11. The van der Waals surface area contributed by atoms with Crippen LogP contribution in [0.15, 0.2) is 40.9 Å². The van der Waals surface area contributed by atoms with Crippen molar-refractivity contribution in [3.05, 3.63) is 53.1 Å².